The fraction of sp³-hybridized carbons (Fsp3) is 0.625. The minimum Gasteiger partial charge on any atom is -0.384 e. The van der Waals surface area contributed by atoms with Crippen molar-refractivity contribution in [2.75, 3.05) is 18.8 Å². The van der Waals surface area contributed by atoms with Crippen LogP contribution in [-0.2, 0) is 6.42 Å². The van der Waals surface area contributed by atoms with Gasteiger partial charge in [-0.3, -0.25) is 9.69 Å². The second-order valence-corrected chi connectivity index (χ2v) is 6.14. The summed E-state index contributed by atoms with van der Waals surface area (Å²) in [5.41, 5.74) is 7.36. The highest BCUT2D eigenvalue weighted by atomic mass is 16.1. The van der Waals surface area contributed by atoms with E-state index in [1.165, 1.54) is 19.4 Å². The Morgan fingerprint density at radius 3 is 3.10 bits per heavy atom. The van der Waals surface area contributed by atoms with Crippen molar-refractivity contribution < 1.29 is 4.79 Å². The van der Waals surface area contributed by atoms with Crippen molar-refractivity contribution in [3.63, 3.8) is 0 Å². The number of hydrogen-bond donors (Lipinski definition) is 2. The molecule has 5 heteroatoms. The van der Waals surface area contributed by atoms with Crippen LogP contribution in [0.5, 0.6) is 0 Å². The number of carbonyl (C=O) groups is 1. The van der Waals surface area contributed by atoms with E-state index in [0.717, 1.165) is 31.5 Å². The maximum atomic E-state index is 12.5. The average Bonchev–Trinajstić information content (AvgIpc) is 3.03. The number of nitrogens with zero attached hydrogens (tertiary/aromatic N) is 2. The van der Waals surface area contributed by atoms with E-state index in [1.807, 2.05) is 6.07 Å². The molecule has 1 aromatic heterocycles. The van der Waals surface area contributed by atoms with E-state index in [0.29, 0.717) is 17.4 Å². The summed E-state index contributed by atoms with van der Waals surface area (Å²) in [5.74, 6) is 0.417. The van der Waals surface area contributed by atoms with Crippen LogP contribution in [0.1, 0.15) is 48.7 Å². The summed E-state index contributed by atoms with van der Waals surface area (Å²) in [5, 5.41) is 3.20. The number of fused-ring (bicyclic) bond motifs is 1. The summed E-state index contributed by atoms with van der Waals surface area (Å²) >= 11 is 0. The van der Waals surface area contributed by atoms with Crippen molar-refractivity contribution >= 4 is 11.7 Å². The normalized spacial score (nSPS) is 25.0. The molecule has 0 bridgehead atoms. The third-order valence-corrected chi connectivity index (χ3v) is 4.59. The Balaban J connectivity index is 1.70. The maximum absolute atomic E-state index is 12.5. The van der Waals surface area contributed by atoms with Crippen LogP contribution >= 0.6 is 0 Å². The highest BCUT2D eigenvalue weighted by molar-refractivity contribution is 5.95. The van der Waals surface area contributed by atoms with Gasteiger partial charge in [0, 0.05) is 29.9 Å². The second-order valence-electron chi connectivity index (χ2n) is 6.14. The molecule has 5 nitrogen and oxygen atoms in total. The fourth-order valence-electron chi connectivity index (χ4n) is 3.63. The van der Waals surface area contributed by atoms with Gasteiger partial charge in [-0.25, -0.2) is 4.98 Å². The highest BCUT2D eigenvalue weighted by Gasteiger charge is 2.37. The molecule has 2 atom stereocenters. The van der Waals surface area contributed by atoms with Crippen LogP contribution in [0.3, 0.4) is 0 Å². The van der Waals surface area contributed by atoms with Gasteiger partial charge in [-0.05, 0) is 44.4 Å². The van der Waals surface area contributed by atoms with Gasteiger partial charge < -0.3 is 11.1 Å². The number of nitrogens with two attached hydrogens (primary N) is 1. The Hall–Kier alpha value is -1.62. The molecule has 114 valence electrons. The lowest BCUT2D eigenvalue weighted by Crippen LogP contribution is -2.42. The SMILES string of the molecule is CCCc1cc(C(=O)NC2CCN3CCCC23)cc(N)n1. The van der Waals surface area contributed by atoms with E-state index < -0.39 is 0 Å². The fourth-order valence-corrected chi connectivity index (χ4v) is 3.63. The van der Waals surface area contributed by atoms with Crippen LogP contribution in [0, 0.1) is 0 Å². The Morgan fingerprint density at radius 2 is 2.29 bits per heavy atom. The van der Waals surface area contributed by atoms with Gasteiger partial charge in [-0.1, -0.05) is 13.3 Å². The van der Waals surface area contributed by atoms with Gasteiger partial charge in [0.15, 0.2) is 0 Å². The summed E-state index contributed by atoms with van der Waals surface area (Å²) in [6, 6.07) is 4.36. The Kier molecular flexibility index (Phi) is 4.10. The predicted octanol–water partition coefficient (Wildman–Crippen LogP) is 1.58. The number of aryl methyl sites for hydroxylation is 1. The van der Waals surface area contributed by atoms with Crippen molar-refractivity contribution in [2.24, 2.45) is 0 Å². The third kappa shape index (κ3) is 3.02. The van der Waals surface area contributed by atoms with Crippen molar-refractivity contribution in [1.82, 2.24) is 15.2 Å². The molecule has 2 aliphatic heterocycles. The van der Waals surface area contributed by atoms with Crippen LogP contribution in [0.25, 0.3) is 0 Å². The minimum atomic E-state index is -0.0137. The predicted molar refractivity (Wildman–Crippen MR) is 83.1 cm³/mol. The summed E-state index contributed by atoms with van der Waals surface area (Å²) in [6.45, 7) is 4.38. The molecule has 3 rings (SSSR count). The number of hydrogen-bond acceptors (Lipinski definition) is 4. The zero-order valence-electron chi connectivity index (χ0n) is 12.6. The van der Waals surface area contributed by atoms with Crippen LogP contribution in [-0.4, -0.2) is 41.0 Å². The molecular weight excluding hydrogens is 264 g/mol. The smallest absolute Gasteiger partial charge is 0.251 e. The lowest BCUT2D eigenvalue weighted by Gasteiger charge is -2.21. The van der Waals surface area contributed by atoms with Gasteiger partial charge >= 0.3 is 0 Å². The number of pyridine rings is 1. The number of nitrogens with one attached hydrogen (secondary N) is 1. The molecule has 1 amide bonds. The van der Waals surface area contributed by atoms with Crippen molar-refractivity contribution in [3.8, 4) is 0 Å². The van der Waals surface area contributed by atoms with E-state index in [2.05, 4.69) is 22.1 Å². The maximum Gasteiger partial charge on any atom is 0.251 e. The summed E-state index contributed by atoms with van der Waals surface area (Å²) < 4.78 is 0. The molecule has 21 heavy (non-hydrogen) atoms. The zero-order valence-corrected chi connectivity index (χ0v) is 12.6. The first-order valence-corrected chi connectivity index (χ1v) is 7.98. The quantitative estimate of drug-likeness (QED) is 0.882. The molecule has 1 aromatic rings. The van der Waals surface area contributed by atoms with Crippen molar-refractivity contribution in [3.05, 3.63) is 23.4 Å². The Morgan fingerprint density at radius 1 is 1.43 bits per heavy atom. The van der Waals surface area contributed by atoms with E-state index >= 15 is 0 Å². The molecule has 2 saturated heterocycles. The molecule has 3 heterocycles. The van der Waals surface area contributed by atoms with Crippen molar-refractivity contribution in [1.29, 1.82) is 0 Å². The molecule has 2 aliphatic rings. The monoisotopic (exact) mass is 288 g/mol. The molecule has 0 aliphatic carbocycles. The van der Waals surface area contributed by atoms with Crippen LogP contribution < -0.4 is 11.1 Å². The topological polar surface area (TPSA) is 71.2 Å². The first kappa shape index (κ1) is 14.3. The standard InChI is InChI=1S/C16H24N4O/c1-2-4-12-9-11(10-15(17)18-12)16(21)19-13-6-8-20-7-3-5-14(13)20/h9-10,13-14H,2-8H2,1H3,(H2,17,18)(H,19,21). The molecular formula is C16H24N4O. The van der Waals surface area contributed by atoms with Gasteiger partial charge in [0.1, 0.15) is 5.82 Å². The van der Waals surface area contributed by atoms with Crippen LogP contribution in [0.15, 0.2) is 12.1 Å². The summed E-state index contributed by atoms with van der Waals surface area (Å²) in [4.78, 5) is 19.3. The first-order valence-electron chi connectivity index (χ1n) is 7.98. The molecule has 0 spiro atoms. The van der Waals surface area contributed by atoms with E-state index in [4.69, 9.17) is 5.73 Å². The second kappa shape index (κ2) is 6.02. The van der Waals surface area contributed by atoms with E-state index in [-0.39, 0.29) is 11.9 Å². The molecule has 0 saturated carbocycles. The van der Waals surface area contributed by atoms with Crippen LogP contribution in [0.2, 0.25) is 0 Å². The Labute approximate surface area is 125 Å². The number of amides is 1. The molecule has 2 fully saturated rings. The Bertz CT molecular complexity index is 531. The van der Waals surface area contributed by atoms with Crippen molar-refractivity contribution in [2.45, 2.75) is 51.1 Å². The highest BCUT2D eigenvalue weighted by Crippen LogP contribution is 2.28. The van der Waals surface area contributed by atoms with E-state index in [1.54, 1.807) is 6.07 Å². The lowest BCUT2D eigenvalue weighted by molar-refractivity contribution is 0.0929. The molecule has 0 radical (unpaired) electrons. The molecule has 2 unspecified atom stereocenters. The minimum absolute atomic E-state index is 0.0137. The van der Waals surface area contributed by atoms with Crippen LogP contribution in [0.4, 0.5) is 5.82 Å². The van der Waals surface area contributed by atoms with Gasteiger partial charge in [-0.2, -0.15) is 0 Å². The van der Waals surface area contributed by atoms with Gasteiger partial charge in [0.2, 0.25) is 0 Å². The third-order valence-electron chi connectivity index (χ3n) is 4.59. The molecule has 3 N–H and O–H groups in total. The zero-order chi connectivity index (χ0) is 14.8. The van der Waals surface area contributed by atoms with Gasteiger partial charge in [0.05, 0.1) is 0 Å². The van der Waals surface area contributed by atoms with E-state index in [9.17, 15) is 4.79 Å². The lowest BCUT2D eigenvalue weighted by atomic mass is 10.1. The largest absolute Gasteiger partial charge is 0.384 e. The number of rotatable bonds is 4. The first-order chi connectivity index (χ1) is 10.2. The molecule has 0 aromatic carbocycles. The summed E-state index contributed by atoms with van der Waals surface area (Å²) in [6.07, 6.45) is 5.35. The summed E-state index contributed by atoms with van der Waals surface area (Å²) in [7, 11) is 0. The van der Waals surface area contributed by atoms with Gasteiger partial charge in [-0.15, -0.1) is 0 Å². The number of carbonyl (C=O) groups excluding carboxylic acids is 1. The number of anilines is 1. The number of nitrogen functional groups attached to an aromatic ring is 1. The number of aromatic nitrogens is 1. The van der Waals surface area contributed by atoms with Gasteiger partial charge in [0.25, 0.3) is 5.91 Å². The average molecular weight is 288 g/mol.